The molecule has 0 spiro atoms. The summed E-state index contributed by atoms with van der Waals surface area (Å²) in [5, 5.41) is 7.22. The Kier molecular flexibility index (Phi) is 3.87. The molecular weight excluding hydrogens is 394 g/mol. The fraction of sp³-hybridized carbons (Fsp3) is 0.0625. The lowest BCUT2D eigenvalue weighted by molar-refractivity contribution is 1.10. The minimum absolute atomic E-state index is 0.503. The second-order valence-electron chi connectivity index (χ2n) is 4.85. The summed E-state index contributed by atoms with van der Waals surface area (Å²) >= 11 is 7.06. The van der Waals surface area contributed by atoms with E-state index < -0.39 is 0 Å². The molecule has 0 amide bonds. The number of aryl methyl sites for hydroxylation is 1. The van der Waals surface area contributed by atoms with Crippen LogP contribution in [0.3, 0.4) is 0 Å². The van der Waals surface area contributed by atoms with Crippen molar-refractivity contribution in [3.05, 3.63) is 57.0 Å². The molecule has 5 heteroatoms. The molecule has 0 radical (unpaired) electrons. The highest BCUT2D eigenvalue weighted by Gasteiger charge is 2.16. The molecule has 0 aliphatic heterocycles. The number of rotatable bonds is 2. The molecule has 3 N–H and O–H groups in total. The first kappa shape index (κ1) is 14.4. The average molecular weight is 407 g/mol. The van der Waals surface area contributed by atoms with E-state index >= 15 is 0 Å². The van der Waals surface area contributed by atoms with Crippen LogP contribution in [0.25, 0.3) is 22.4 Å². The number of nitrogens with zero attached hydrogens (tertiary/aromatic N) is 1. The van der Waals surface area contributed by atoms with Gasteiger partial charge in [0.15, 0.2) is 5.82 Å². The molecule has 0 atom stereocenters. The molecule has 1 heterocycles. The third kappa shape index (κ3) is 2.76. The van der Waals surface area contributed by atoms with E-state index in [4.69, 9.17) is 5.73 Å². The van der Waals surface area contributed by atoms with Crippen LogP contribution in [0.1, 0.15) is 5.56 Å². The van der Waals surface area contributed by atoms with E-state index in [-0.39, 0.29) is 0 Å². The van der Waals surface area contributed by atoms with Gasteiger partial charge >= 0.3 is 0 Å². The van der Waals surface area contributed by atoms with E-state index in [0.29, 0.717) is 5.82 Å². The summed E-state index contributed by atoms with van der Waals surface area (Å²) < 4.78 is 2.00. The largest absolute Gasteiger partial charge is 0.382 e. The van der Waals surface area contributed by atoms with Crippen LogP contribution in [-0.4, -0.2) is 10.2 Å². The van der Waals surface area contributed by atoms with Gasteiger partial charge < -0.3 is 5.73 Å². The summed E-state index contributed by atoms with van der Waals surface area (Å²) in [7, 11) is 0. The van der Waals surface area contributed by atoms with E-state index in [9.17, 15) is 0 Å². The van der Waals surface area contributed by atoms with Crippen molar-refractivity contribution in [2.45, 2.75) is 6.92 Å². The van der Waals surface area contributed by atoms with Crippen molar-refractivity contribution in [1.29, 1.82) is 0 Å². The molecule has 21 heavy (non-hydrogen) atoms. The van der Waals surface area contributed by atoms with Crippen LogP contribution in [0.4, 0.5) is 5.82 Å². The first-order chi connectivity index (χ1) is 10.1. The highest BCUT2D eigenvalue weighted by atomic mass is 79.9. The Morgan fingerprint density at radius 2 is 1.76 bits per heavy atom. The van der Waals surface area contributed by atoms with Crippen molar-refractivity contribution in [2.75, 3.05) is 5.73 Å². The van der Waals surface area contributed by atoms with E-state index in [1.54, 1.807) is 0 Å². The van der Waals surface area contributed by atoms with E-state index in [1.807, 2.05) is 18.2 Å². The standard InChI is InChI=1S/C16H13Br2N3/c1-9-2-4-10(5-3-9)14-15(20-21-16(14)19)12-7-6-11(17)8-13(12)18/h2-8H,1H3,(H3,19,20,21). The number of nitrogens with one attached hydrogen (secondary N) is 1. The Morgan fingerprint density at radius 1 is 1.05 bits per heavy atom. The third-order valence-corrected chi connectivity index (χ3v) is 4.48. The summed E-state index contributed by atoms with van der Waals surface area (Å²) in [5.41, 5.74) is 11.2. The molecule has 3 nitrogen and oxygen atoms in total. The predicted molar refractivity (Wildman–Crippen MR) is 94.0 cm³/mol. The summed E-state index contributed by atoms with van der Waals surface area (Å²) in [4.78, 5) is 0. The number of nitrogens with two attached hydrogens (primary N) is 1. The van der Waals surface area contributed by atoms with Gasteiger partial charge in [0, 0.05) is 14.5 Å². The molecule has 3 aromatic rings. The van der Waals surface area contributed by atoms with Gasteiger partial charge in [-0.25, -0.2) is 0 Å². The first-order valence-electron chi connectivity index (χ1n) is 6.42. The van der Waals surface area contributed by atoms with Gasteiger partial charge in [0.1, 0.15) is 0 Å². The van der Waals surface area contributed by atoms with Crippen LogP contribution in [0, 0.1) is 6.92 Å². The molecular formula is C16H13Br2N3. The fourth-order valence-electron chi connectivity index (χ4n) is 2.26. The van der Waals surface area contributed by atoms with Crippen LogP contribution >= 0.6 is 31.9 Å². The van der Waals surface area contributed by atoms with Crippen LogP contribution in [0.15, 0.2) is 51.4 Å². The van der Waals surface area contributed by atoms with Gasteiger partial charge in [-0.1, -0.05) is 67.8 Å². The smallest absolute Gasteiger partial charge is 0.153 e. The van der Waals surface area contributed by atoms with Crippen molar-refractivity contribution < 1.29 is 0 Å². The zero-order valence-corrected chi connectivity index (χ0v) is 14.5. The molecule has 0 aliphatic carbocycles. The number of hydrogen-bond donors (Lipinski definition) is 2. The van der Waals surface area contributed by atoms with Crippen molar-refractivity contribution in [2.24, 2.45) is 0 Å². The lowest BCUT2D eigenvalue weighted by atomic mass is 10.00. The van der Waals surface area contributed by atoms with Crippen molar-refractivity contribution >= 4 is 37.7 Å². The molecule has 3 rings (SSSR count). The van der Waals surface area contributed by atoms with E-state index in [1.165, 1.54) is 5.56 Å². The lowest BCUT2D eigenvalue weighted by Gasteiger charge is -2.07. The zero-order valence-electron chi connectivity index (χ0n) is 11.3. The van der Waals surface area contributed by atoms with Gasteiger partial charge in [-0.3, -0.25) is 5.10 Å². The Labute approximate surface area is 139 Å². The second-order valence-corrected chi connectivity index (χ2v) is 6.62. The number of halogens is 2. The van der Waals surface area contributed by atoms with Gasteiger partial charge in [-0.05, 0) is 24.6 Å². The van der Waals surface area contributed by atoms with Crippen LogP contribution < -0.4 is 5.73 Å². The Hall–Kier alpha value is -1.59. The molecule has 0 unspecified atom stereocenters. The molecule has 0 bridgehead atoms. The first-order valence-corrected chi connectivity index (χ1v) is 8.01. The van der Waals surface area contributed by atoms with Gasteiger partial charge in [0.25, 0.3) is 0 Å². The molecule has 106 valence electrons. The molecule has 0 fully saturated rings. The minimum atomic E-state index is 0.503. The minimum Gasteiger partial charge on any atom is -0.382 e. The molecule has 0 saturated carbocycles. The Morgan fingerprint density at radius 3 is 2.43 bits per heavy atom. The van der Waals surface area contributed by atoms with E-state index in [0.717, 1.165) is 31.3 Å². The van der Waals surface area contributed by atoms with Crippen molar-refractivity contribution in [3.63, 3.8) is 0 Å². The van der Waals surface area contributed by atoms with Crippen LogP contribution in [-0.2, 0) is 0 Å². The second kappa shape index (κ2) is 5.66. The quantitative estimate of drug-likeness (QED) is 0.617. The maximum atomic E-state index is 6.06. The molecule has 2 aromatic carbocycles. The lowest BCUT2D eigenvalue weighted by Crippen LogP contribution is -1.89. The number of benzene rings is 2. The predicted octanol–water partition coefficient (Wildman–Crippen LogP) is 5.16. The maximum absolute atomic E-state index is 6.06. The molecule has 0 aliphatic rings. The van der Waals surface area contributed by atoms with Gasteiger partial charge in [-0.2, -0.15) is 5.10 Å². The van der Waals surface area contributed by atoms with Crippen molar-refractivity contribution in [3.8, 4) is 22.4 Å². The summed E-state index contributed by atoms with van der Waals surface area (Å²) in [6.07, 6.45) is 0. The van der Waals surface area contributed by atoms with Crippen LogP contribution in [0.2, 0.25) is 0 Å². The maximum Gasteiger partial charge on any atom is 0.153 e. The van der Waals surface area contributed by atoms with Crippen molar-refractivity contribution in [1.82, 2.24) is 10.2 Å². The summed E-state index contributed by atoms with van der Waals surface area (Å²) in [5.74, 6) is 0.503. The monoisotopic (exact) mass is 405 g/mol. The van der Waals surface area contributed by atoms with Gasteiger partial charge in [0.2, 0.25) is 0 Å². The third-order valence-electron chi connectivity index (χ3n) is 3.34. The Balaban J connectivity index is 2.19. The number of aromatic amines is 1. The number of hydrogen-bond acceptors (Lipinski definition) is 2. The SMILES string of the molecule is Cc1ccc(-c2c(N)n[nH]c2-c2ccc(Br)cc2Br)cc1. The highest BCUT2D eigenvalue weighted by molar-refractivity contribution is 9.11. The normalized spacial score (nSPS) is 10.8. The Bertz CT molecular complexity index is 792. The zero-order chi connectivity index (χ0) is 15.0. The fourth-order valence-corrected chi connectivity index (χ4v) is 3.50. The van der Waals surface area contributed by atoms with Gasteiger partial charge in [0.05, 0.1) is 11.3 Å². The number of nitrogen functional groups attached to an aromatic ring is 1. The molecule has 0 saturated heterocycles. The summed E-state index contributed by atoms with van der Waals surface area (Å²) in [6, 6.07) is 14.3. The van der Waals surface area contributed by atoms with Gasteiger partial charge in [-0.15, -0.1) is 0 Å². The van der Waals surface area contributed by atoms with Crippen LogP contribution in [0.5, 0.6) is 0 Å². The topological polar surface area (TPSA) is 54.7 Å². The highest BCUT2D eigenvalue weighted by Crippen LogP contribution is 2.38. The number of H-pyrrole nitrogens is 1. The summed E-state index contributed by atoms with van der Waals surface area (Å²) in [6.45, 7) is 2.06. The number of anilines is 1. The average Bonchev–Trinajstić information content (AvgIpc) is 2.82. The van der Waals surface area contributed by atoms with E-state index in [2.05, 4.69) is 73.2 Å². The molecule has 1 aromatic heterocycles. The number of aromatic nitrogens is 2.